The van der Waals surface area contributed by atoms with E-state index in [2.05, 4.69) is 30.8 Å². The highest BCUT2D eigenvalue weighted by atomic mass is 16.6. The molecule has 0 aliphatic rings. The van der Waals surface area contributed by atoms with E-state index in [0.717, 1.165) is 103 Å². The second-order valence-corrected chi connectivity index (χ2v) is 12.9. The molecule has 0 aliphatic carbocycles. The number of ether oxygens (including phenoxy) is 2. The van der Waals surface area contributed by atoms with Crippen molar-refractivity contribution in [3.05, 3.63) is 0 Å². The fourth-order valence-electron chi connectivity index (χ4n) is 5.66. The summed E-state index contributed by atoms with van der Waals surface area (Å²) in [6.07, 6.45) is 30.2. The van der Waals surface area contributed by atoms with Gasteiger partial charge in [0.2, 0.25) is 0 Å². The molecule has 1 atom stereocenters. The van der Waals surface area contributed by atoms with Crippen molar-refractivity contribution in [1.82, 2.24) is 4.90 Å². The molecule has 0 heterocycles. The molecular formula is C38H74N2O5. The van der Waals surface area contributed by atoms with Crippen LogP contribution in [0.3, 0.4) is 0 Å². The lowest BCUT2D eigenvalue weighted by molar-refractivity contribution is -0.150. The predicted octanol–water partition coefficient (Wildman–Crippen LogP) is 10.6. The number of carbonyl (C=O) groups is 2. The highest BCUT2D eigenvalue weighted by molar-refractivity contribution is 5.69. The van der Waals surface area contributed by atoms with E-state index >= 15 is 0 Å². The standard InChI is InChI=1S/C38H74N2O5/c1-5-8-11-18-26-35-44-37(41)29-20-14-12-16-23-32-40(34-25-22-31-39-43-4)33-24-17-13-15-21-30-38(42)45-36(27-10-7-3)28-19-9-6-2/h31,36H,5-30,32-35H2,1-4H3/b39-31+. The first kappa shape index (κ1) is 43.4. The van der Waals surface area contributed by atoms with Crippen molar-refractivity contribution >= 4 is 18.2 Å². The summed E-state index contributed by atoms with van der Waals surface area (Å²) in [5, 5.41) is 3.87. The third kappa shape index (κ3) is 32.1. The van der Waals surface area contributed by atoms with Crippen LogP contribution in [0.4, 0.5) is 0 Å². The van der Waals surface area contributed by atoms with Crippen LogP contribution in [0.1, 0.15) is 188 Å². The summed E-state index contributed by atoms with van der Waals surface area (Å²) >= 11 is 0. The number of nitrogens with zero attached hydrogens (tertiary/aromatic N) is 2. The van der Waals surface area contributed by atoms with E-state index in [9.17, 15) is 9.59 Å². The number of hydrogen-bond acceptors (Lipinski definition) is 7. The molecule has 0 fully saturated rings. The highest BCUT2D eigenvalue weighted by Gasteiger charge is 2.14. The number of unbranched alkanes of at least 4 members (excludes halogenated alkanes) is 16. The maximum atomic E-state index is 12.4. The largest absolute Gasteiger partial charge is 0.466 e. The Hall–Kier alpha value is -1.63. The van der Waals surface area contributed by atoms with Crippen molar-refractivity contribution in [3.8, 4) is 0 Å². The summed E-state index contributed by atoms with van der Waals surface area (Å²) in [6, 6.07) is 0. The normalized spacial score (nSPS) is 12.2. The van der Waals surface area contributed by atoms with Gasteiger partial charge < -0.3 is 19.2 Å². The predicted molar refractivity (Wildman–Crippen MR) is 190 cm³/mol. The van der Waals surface area contributed by atoms with Gasteiger partial charge >= 0.3 is 11.9 Å². The second-order valence-electron chi connectivity index (χ2n) is 12.9. The lowest BCUT2D eigenvalue weighted by Crippen LogP contribution is -2.27. The van der Waals surface area contributed by atoms with Crippen molar-refractivity contribution in [3.63, 3.8) is 0 Å². The summed E-state index contributed by atoms with van der Waals surface area (Å²) in [4.78, 5) is 31.7. The molecule has 0 saturated carbocycles. The Morgan fingerprint density at radius 2 is 1.11 bits per heavy atom. The molecule has 0 radical (unpaired) electrons. The Morgan fingerprint density at radius 3 is 1.76 bits per heavy atom. The molecule has 0 aromatic rings. The van der Waals surface area contributed by atoms with Gasteiger partial charge in [-0.2, -0.15) is 0 Å². The van der Waals surface area contributed by atoms with Crippen LogP contribution >= 0.6 is 0 Å². The molecule has 0 aromatic heterocycles. The summed E-state index contributed by atoms with van der Waals surface area (Å²) in [5.74, 6) is -0.0219. The van der Waals surface area contributed by atoms with Crippen LogP contribution in [0.15, 0.2) is 5.16 Å². The first-order valence-electron chi connectivity index (χ1n) is 19.2. The van der Waals surface area contributed by atoms with Gasteiger partial charge in [-0.05, 0) is 83.8 Å². The van der Waals surface area contributed by atoms with Gasteiger partial charge in [0.1, 0.15) is 13.2 Å². The zero-order chi connectivity index (χ0) is 33.1. The number of oxime groups is 1. The van der Waals surface area contributed by atoms with E-state index < -0.39 is 0 Å². The van der Waals surface area contributed by atoms with Crippen LogP contribution < -0.4 is 0 Å². The van der Waals surface area contributed by atoms with E-state index in [1.807, 2.05) is 6.21 Å². The fraction of sp³-hybridized carbons (Fsp3) is 0.921. The van der Waals surface area contributed by atoms with E-state index in [0.29, 0.717) is 19.4 Å². The highest BCUT2D eigenvalue weighted by Crippen LogP contribution is 2.16. The Labute approximate surface area is 279 Å². The van der Waals surface area contributed by atoms with Crippen LogP contribution in [0.5, 0.6) is 0 Å². The molecule has 0 N–H and O–H groups in total. The van der Waals surface area contributed by atoms with E-state index in [-0.39, 0.29) is 18.0 Å². The molecule has 1 unspecified atom stereocenters. The summed E-state index contributed by atoms with van der Waals surface area (Å²) in [6.45, 7) is 10.6. The number of hydrogen-bond donors (Lipinski definition) is 0. The monoisotopic (exact) mass is 639 g/mol. The van der Waals surface area contributed by atoms with Crippen LogP contribution in [0.2, 0.25) is 0 Å². The fourth-order valence-corrected chi connectivity index (χ4v) is 5.66. The summed E-state index contributed by atoms with van der Waals surface area (Å²) < 4.78 is 11.2. The number of rotatable bonds is 35. The Morgan fingerprint density at radius 1 is 0.600 bits per heavy atom. The quantitative estimate of drug-likeness (QED) is 0.0297. The van der Waals surface area contributed by atoms with Crippen LogP contribution in [-0.4, -0.2) is 62.5 Å². The molecule has 0 bridgehead atoms. The Kier molecular flexibility index (Phi) is 34.0. The van der Waals surface area contributed by atoms with Gasteiger partial charge in [0.15, 0.2) is 0 Å². The van der Waals surface area contributed by atoms with Crippen LogP contribution in [-0.2, 0) is 23.9 Å². The van der Waals surface area contributed by atoms with Crippen molar-refractivity contribution in [1.29, 1.82) is 0 Å². The third-order valence-electron chi connectivity index (χ3n) is 8.52. The van der Waals surface area contributed by atoms with E-state index in [1.54, 1.807) is 7.11 Å². The molecule has 0 spiro atoms. The van der Waals surface area contributed by atoms with E-state index in [4.69, 9.17) is 14.3 Å². The van der Waals surface area contributed by atoms with Crippen molar-refractivity contribution in [2.24, 2.45) is 5.16 Å². The molecule has 7 heteroatoms. The Bertz CT molecular complexity index is 673. The van der Waals surface area contributed by atoms with Gasteiger partial charge in [-0.15, -0.1) is 0 Å². The SMILES string of the molecule is CCCCCCCOC(=O)CCCCCCCN(CCC/C=N/OC)CCCCCCCC(=O)OC(CCCC)CCCCC. The smallest absolute Gasteiger partial charge is 0.306 e. The maximum absolute atomic E-state index is 12.4. The zero-order valence-electron chi connectivity index (χ0n) is 30.3. The molecule has 45 heavy (non-hydrogen) atoms. The average Bonchev–Trinajstić information content (AvgIpc) is 3.03. The van der Waals surface area contributed by atoms with E-state index in [1.165, 1.54) is 70.6 Å². The molecule has 0 saturated heterocycles. The minimum atomic E-state index is -0.0255. The molecule has 7 nitrogen and oxygen atoms in total. The average molecular weight is 639 g/mol. The molecule has 266 valence electrons. The minimum absolute atomic E-state index is 0.00360. The second kappa shape index (κ2) is 35.2. The van der Waals surface area contributed by atoms with Gasteiger partial charge in [0, 0.05) is 19.1 Å². The van der Waals surface area contributed by atoms with Crippen LogP contribution in [0.25, 0.3) is 0 Å². The van der Waals surface area contributed by atoms with Crippen molar-refractivity contribution in [2.45, 2.75) is 194 Å². The topological polar surface area (TPSA) is 77.4 Å². The van der Waals surface area contributed by atoms with Gasteiger partial charge in [0.05, 0.1) is 6.61 Å². The maximum Gasteiger partial charge on any atom is 0.306 e. The first-order valence-corrected chi connectivity index (χ1v) is 19.2. The zero-order valence-corrected chi connectivity index (χ0v) is 30.3. The third-order valence-corrected chi connectivity index (χ3v) is 8.52. The number of esters is 2. The van der Waals surface area contributed by atoms with Crippen LogP contribution in [0, 0.1) is 0 Å². The molecular weight excluding hydrogens is 564 g/mol. The molecule has 0 aliphatic heterocycles. The minimum Gasteiger partial charge on any atom is -0.466 e. The lowest BCUT2D eigenvalue weighted by Gasteiger charge is -2.22. The van der Waals surface area contributed by atoms with Gasteiger partial charge in [-0.25, -0.2) is 0 Å². The number of carbonyl (C=O) groups excluding carboxylic acids is 2. The summed E-state index contributed by atoms with van der Waals surface area (Å²) in [5.41, 5.74) is 0. The van der Waals surface area contributed by atoms with Crippen molar-refractivity contribution in [2.75, 3.05) is 33.4 Å². The van der Waals surface area contributed by atoms with Gasteiger partial charge in [0.25, 0.3) is 0 Å². The first-order chi connectivity index (χ1) is 22.1. The van der Waals surface area contributed by atoms with Gasteiger partial charge in [-0.3, -0.25) is 9.59 Å². The van der Waals surface area contributed by atoms with Crippen molar-refractivity contribution < 1.29 is 23.9 Å². The summed E-state index contributed by atoms with van der Waals surface area (Å²) in [7, 11) is 1.59. The molecule has 0 rings (SSSR count). The lowest BCUT2D eigenvalue weighted by atomic mass is 10.1. The molecule has 0 amide bonds. The Balaban J connectivity index is 4.09. The van der Waals surface area contributed by atoms with Gasteiger partial charge in [-0.1, -0.05) is 116 Å². The molecule has 0 aromatic carbocycles.